The van der Waals surface area contributed by atoms with Crippen molar-refractivity contribution in [3.8, 4) is 5.75 Å². The Labute approximate surface area is 86.9 Å². The van der Waals surface area contributed by atoms with E-state index in [1.165, 1.54) is 12.0 Å². The van der Waals surface area contributed by atoms with Crippen LogP contribution in [0.15, 0.2) is 24.3 Å². The van der Waals surface area contributed by atoms with Crippen LogP contribution in [0.2, 0.25) is 0 Å². The molecule has 0 heterocycles. The maximum atomic E-state index is 9.03. The monoisotopic (exact) mass is 276 g/mol. The van der Waals surface area contributed by atoms with Gasteiger partial charge < -0.3 is 5.11 Å². The standard InChI is InChI=1S/C10H13IO/c1-8(11)2-3-9-4-6-10(12)7-5-9/h4-8,12H,2-3H2,1H3. The Bertz CT molecular complexity index is 228. The third kappa shape index (κ3) is 3.43. The second-order valence-electron chi connectivity index (χ2n) is 2.99. The average molecular weight is 276 g/mol. The summed E-state index contributed by atoms with van der Waals surface area (Å²) in [6, 6.07) is 7.45. The van der Waals surface area contributed by atoms with Gasteiger partial charge in [-0.2, -0.15) is 0 Å². The van der Waals surface area contributed by atoms with Crippen LogP contribution in [0.3, 0.4) is 0 Å². The smallest absolute Gasteiger partial charge is 0.115 e. The second-order valence-corrected chi connectivity index (χ2v) is 5.11. The highest BCUT2D eigenvalue weighted by Gasteiger charge is 1.97. The second kappa shape index (κ2) is 4.70. The molecule has 0 aliphatic rings. The fourth-order valence-electron chi connectivity index (χ4n) is 1.03. The summed E-state index contributed by atoms with van der Waals surface area (Å²) in [5.74, 6) is 0.348. The minimum Gasteiger partial charge on any atom is -0.508 e. The van der Waals surface area contributed by atoms with Gasteiger partial charge in [0.1, 0.15) is 5.75 Å². The maximum absolute atomic E-state index is 9.03. The summed E-state index contributed by atoms with van der Waals surface area (Å²) >= 11 is 2.43. The van der Waals surface area contributed by atoms with E-state index in [1.807, 2.05) is 12.1 Å². The molecule has 12 heavy (non-hydrogen) atoms. The lowest BCUT2D eigenvalue weighted by molar-refractivity contribution is 0.475. The SMILES string of the molecule is CC(I)CCc1ccc(O)cc1. The Morgan fingerprint density at radius 1 is 1.33 bits per heavy atom. The highest BCUT2D eigenvalue weighted by molar-refractivity contribution is 14.1. The molecule has 1 aromatic carbocycles. The molecule has 0 aliphatic heterocycles. The van der Waals surface area contributed by atoms with Gasteiger partial charge in [0.05, 0.1) is 0 Å². The van der Waals surface area contributed by atoms with Crippen molar-refractivity contribution >= 4 is 22.6 Å². The molecule has 0 bridgehead atoms. The molecule has 0 saturated heterocycles. The largest absolute Gasteiger partial charge is 0.508 e. The van der Waals surface area contributed by atoms with Crippen LogP contribution in [0.1, 0.15) is 18.9 Å². The number of benzene rings is 1. The van der Waals surface area contributed by atoms with Crippen LogP contribution in [0.25, 0.3) is 0 Å². The minimum atomic E-state index is 0.348. The lowest BCUT2D eigenvalue weighted by atomic mass is 10.1. The molecule has 0 aliphatic carbocycles. The highest BCUT2D eigenvalue weighted by atomic mass is 127. The van der Waals surface area contributed by atoms with Crippen molar-refractivity contribution < 1.29 is 5.11 Å². The number of hydrogen-bond acceptors (Lipinski definition) is 1. The van der Waals surface area contributed by atoms with Crippen LogP contribution in [-0.4, -0.2) is 9.03 Å². The van der Waals surface area contributed by atoms with Gasteiger partial charge in [-0.1, -0.05) is 41.6 Å². The molecular weight excluding hydrogens is 263 g/mol. The highest BCUT2D eigenvalue weighted by Crippen LogP contribution is 2.14. The normalized spacial score (nSPS) is 12.8. The predicted molar refractivity (Wildman–Crippen MR) is 59.9 cm³/mol. The first-order valence-electron chi connectivity index (χ1n) is 4.10. The zero-order valence-corrected chi connectivity index (χ0v) is 9.28. The lowest BCUT2D eigenvalue weighted by Gasteiger charge is -2.02. The maximum Gasteiger partial charge on any atom is 0.115 e. The van der Waals surface area contributed by atoms with Crippen LogP contribution < -0.4 is 0 Å². The zero-order valence-electron chi connectivity index (χ0n) is 7.13. The third-order valence-corrected chi connectivity index (χ3v) is 2.39. The summed E-state index contributed by atoms with van der Waals surface area (Å²) in [5, 5.41) is 9.03. The number of halogens is 1. The minimum absolute atomic E-state index is 0.348. The van der Waals surface area contributed by atoms with Crippen LogP contribution in [0.5, 0.6) is 5.75 Å². The van der Waals surface area contributed by atoms with Gasteiger partial charge in [0.15, 0.2) is 0 Å². The molecule has 1 atom stereocenters. The Hall–Kier alpha value is -0.250. The molecule has 0 spiro atoms. The Balaban J connectivity index is 2.48. The number of phenols is 1. The van der Waals surface area contributed by atoms with Crippen LogP contribution >= 0.6 is 22.6 Å². The van der Waals surface area contributed by atoms with E-state index in [1.54, 1.807) is 12.1 Å². The molecule has 1 N–H and O–H groups in total. The molecule has 1 nitrogen and oxygen atoms in total. The topological polar surface area (TPSA) is 20.2 Å². The van der Waals surface area contributed by atoms with E-state index in [9.17, 15) is 0 Å². The lowest BCUT2D eigenvalue weighted by Crippen LogP contribution is -1.93. The molecule has 0 saturated carbocycles. The molecule has 0 fully saturated rings. The van der Waals surface area contributed by atoms with Gasteiger partial charge in [-0.15, -0.1) is 0 Å². The average Bonchev–Trinajstić information content (AvgIpc) is 2.03. The van der Waals surface area contributed by atoms with E-state index in [4.69, 9.17) is 5.11 Å². The summed E-state index contributed by atoms with van der Waals surface area (Å²) in [6.45, 7) is 2.21. The molecule has 0 aromatic heterocycles. The number of aryl methyl sites for hydroxylation is 1. The van der Waals surface area contributed by atoms with Crippen LogP contribution in [-0.2, 0) is 6.42 Å². The Morgan fingerprint density at radius 3 is 2.42 bits per heavy atom. The predicted octanol–water partition coefficient (Wildman–Crippen LogP) is 3.15. The molecule has 1 unspecified atom stereocenters. The Kier molecular flexibility index (Phi) is 3.85. The van der Waals surface area contributed by atoms with Crippen molar-refractivity contribution in [2.45, 2.75) is 23.7 Å². The van der Waals surface area contributed by atoms with Gasteiger partial charge in [-0.3, -0.25) is 0 Å². The quantitative estimate of drug-likeness (QED) is 0.664. The fourth-order valence-corrected chi connectivity index (χ4v) is 1.34. The number of aromatic hydroxyl groups is 1. The molecule has 1 aromatic rings. The summed E-state index contributed by atoms with van der Waals surface area (Å²) < 4.78 is 0.719. The van der Waals surface area contributed by atoms with Gasteiger partial charge in [-0.05, 0) is 30.5 Å². The molecule has 2 heteroatoms. The van der Waals surface area contributed by atoms with Crippen LogP contribution in [0.4, 0.5) is 0 Å². The van der Waals surface area contributed by atoms with Crippen molar-refractivity contribution in [2.24, 2.45) is 0 Å². The number of phenolic OH excluding ortho intramolecular Hbond substituents is 1. The first-order valence-corrected chi connectivity index (χ1v) is 5.35. The molecule has 1 rings (SSSR count). The molecule has 0 amide bonds. The van der Waals surface area contributed by atoms with Gasteiger partial charge in [0.2, 0.25) is 0 Å². The number of alkyl halides is 1. The number of hydrogen-bond donors (Lipinski definition) is 1. The van der Waals surface area contributed by atoms with Crippen molar-refractivity contribution in [1.29, 1.82) is 0 Å². The van der Waals surface area contributed by atoms with E-state index in [0.29, 0.717) is 5.75 Å². The summed E-state index contributed by atoms with van der Waals surface area (Å²) in [7, 11) is 0. The van der Waals surface area contributed by atoms with Gasteiger partial charge in [-0.25, -0.2) is 0 Å². The molecule has 0 radical (unpaired) electrons. The van der Waals surface area contributed by atoms with Crippen molar-refractivity contribution in [3.63, 3.8) is 0 Å². The molecular formula is C10H13IO. The Morgan fingerprint density at radius 2 is 1.92 bits per heavy atom. The van der Waals surface area contributed by atoms with Crippen molar-refractivity contribution in [1.82, 2.24) is 0 Å². The fraction of sp³-hybridized carbons (Fsp3) is 0.400. The van der Waals surface area contributed by atoms with E-state index in [-0.39, 0.29) is 0 Å². The van der Waals surface area contributed by atoms with Crippen LogP contribution in [0, 0.1) is 0 Å². The zero-order chi connectivity index (χ0) is 8.97. The van der Waals surface area contributed by atoms with E-state index < -0.39 is 0 Å². The molecule has 66 valence electrons. The summed E-state index contributed by atoms with van der Waals surface area (Å²) in [5.41, 5.74) is 1.30. The van der Waals surface area contributed by atoms with E-state index >= 15 is 0 Å². The van der Waals surface area contributed by atoms with Gasteiger partial charge in [0, 0.05) is 3.92 Å². The van der Waals surface area contributed by atoms with Gasteiger partial charge in [0.25, 0.3) is 0 Å². The first-order chi connectivity index (χ1) is 5.68. The summed E-state index contributed by atoms with van der Waals surface area (Å²) in [6.07, 6.45) is 2.30. The van der Waals surface area contributed by atoms with E-state index in [0.717, 1.165) is 10.3 Å². The number of rotatable bonds is 3. The first kappa shape index (κ1) is 9.84. The third-order valence-electron chi connectivity index (χ3n) is 1.77. The van der Waals surface area contributed by atoms with Crippen molar-refractivity contribution in [2.75, 3.05) is 0 Å². The van der Waals surface area contributed by atoms with Crippen molar-refractivity contribution in [3.05, 3.63) is 29.8 Å². The van der Waals surface area contributed by atoms with Gasteiger partial charge >= 0.3 is 0 Å². The summed E-state index contributed by atoms with van der Waals surface area (Å²) in [4.78, 5) is 0. The van der Waals surface area contributed by atoms with E-state index in [2.05, 4.69) is 29.5 Å².